The normalized spacial score (nSPS) is 14.3. The van der Waals surface area contributed by atoms with Crippen LogP contribution in [-0.2, 0) is 24.2 Å². The molecule has 0 radical (unpaired) electrons. The van der Waals surface area contributed by atoms with Crippen molar-refractivity contribution in [3.8, 4) is 11.5 Å². The van der Waals surface area contributed by atoms with E-state index >= 15 is 0 Å². The minimum atomic E-state index is -0.254. The van der Waals surface area contributed by atoms with Crippen LogP contribution in [-0.4, -0.2) is 29.2 Å². The van der Waals surface area contributed by atoms with Crippen molar-refractivity contribution >= 4 is 29.0 Å². The summed E-state index contributed by atoms with van der Waals surface area (Å²) < 4.78 is 12.1. The summed E-state index contributed by atoms with van der Waals surface area (Å²) in [5.41, 5.74) is 3.93. The van der Waals surface area contributed by atoms with Gasteiger partial charge in [0.1, 0.15) is 6.61 Å². The van der Waals surface area contributed by atoms with E-state index in [2.05, 4.69) is 18.7 Å². The number of amides is 2. The van der Waals surface area contributed by atoms with E-state index in [1.807, 2.05) is 73.7 Å². The maximum atomic E-state index is 13.1. The number of hydrogen-bond donors (Lipinski definition) is 0. The summed E-state index contributed by atoms with van der Waals surface area (Å²) in [4.78, 5) is 27.4. The van der Waals surface area contributed by atoms with Gasteiger partial charge in [-0.15, -0.1) is 6.58 Å². The molecule has 5 nitrogen and oxygen atoms in total. The maximum Gasteiger partial charge on any atom is 0.293 e. The maximum absolute atomic E-state index is 13.1. The molecule has 1 aliphatic heterocycles. The Balaban J connectivity index is 1.52. The van der Waals surface area contributed by atoms with Crippen molar-refractivity contribution < 1.29 is 19.1 Å². The zero-order valence-electron chi connectivity index (χ0n) is 21.0. The highest BCUT2D eigenvalue weighted by atomic mass is 32.2. The number of rotatable bonds is 12. The van der Waals surface area contributed by atoms with E-state index in [9.17, 15) is 9.59 Å². The first-order chi connectivity index (χ1) is 18.1. The number of benzene rings is 3. The highest BCUT2D eigenvalue weighted by molar-refractivity contribution is 8.18. The molecule has 1 saturated heterocycles. The van der Waals surface area contributed by atoms with Crippen LogP contribution in [0.4, 0.5) is 4.79 Å². The number of aryl methyl sites for hydroxylation is 1. The highest BCUT2D eigenvalue weighted by Crippen LogP contribution is 2.38. The van der Waals surface area contributed by atoms with E-state index in [4.69, 9.17) is 9.47 Å². The number of allylic oxidation sites excluding steroid dienone is 1. The van der Waals surface area contributed by atoms with E-state index in [1.54, 1.807) is 6.08 Å². The number of hydrogen-bond acceptors (Lipinski definition) is 5. The molecule has 0 N–H and O–H groups in total. The van der Waals surface area contributed by atoms with Crippen molar-refractivity contribution in [1.29, 1.82) is 0 Å². The van der Waals surface area contributed by atoms with Gasteiger partial charge in [0.25, 0.3) is 11.1 Å². The molecule has 0 unspecified atom stereocenters. The second-order valence-electron chi connectivity index (χ2n) is 8.63. The zero-order valence-corrected chi connectivity index (χ0v) is 21.8. The topological polar surface area (TPSA) is 55.8 Å². The van der Waals surface area contributed by atoms with Gasteiger partial charge in [-0.05, 0) is 72.8 Å². The van der Waals surface area contributed by atoms with Crippen molar-refractivity contribution in [3.05, 3.63) is 113 Å². The SMILES string of the molecule is C=CCc1cc(/C=C2/SC(=O)N(CCCc3ccccc3)C2=O)cc(OCC)c1OCc1ccccc1. The predicted molar refractivity (Wildman–Crippen MR) is 150 cm³/mol. The van der Waals surface area contributed by atoms with Crippen LogP contribution in [0.15, 0.2) is 90.4 Å². The van der Waals surface area contributed by atoms with Crippen LogP contribution in [0.2, 0.25) is 0 Å². The van der Waals surface area contributed by atoms with Gasteiger partial charge in [0.05, 0.1) is 11.5 Å². The Kier molecular flexibility index (Phi) is 9.22. The monoisotopic (exact) mass is 513 g/mol. The van der Waals surface area contributed by atoms with Crippen LogP contribution < -0.4 is 9.47 Å². The summed E-state index contributed by atoms with van der Waals surface area (Å²) in [7, 11) is 0. The van der Waals surface area contributed by atoms with Gasteiger partial charge in [-0.1, -0.05) is 66.7 Å². The summed E-state index contributed by atoms with van der Waals surface area (Å²) in [6, 6.07) is 23.8. The minimum Gasteiger partial charge on any atom is -0.490 e. The first-order valence-corrected chi connectivity index (χ1v) is 13.3. The number of ether oxygens (including phenoxy) is 2. The van der Waals surface area contributed by atoms with Crippen LogP contribution in [0.3, 0.4) is 0 Å². The largest absolute Gasteiger partial charge is 0.490 e. The smallest absolute Gasteiger partial charge is 0.293 e. The molecule has 0 atom stereocenters. The lowest BCUT2D eigenvalue weighted by Crippen LogP contribution is -2.29. The molecule has 0 spiro atoms. The fourth-order valence-corrected chi connectivity index (χ4v) is 5.03. The molecule has 1 aliphatic rings. The summed E-state index contributed by atoms with van der Waals surface area (Å²) >= 11 is 0.979. The van der Waals surface area contributed by atoms with Crippen LogP contribution >= 0.6 is 11.8 Å². The number of imide groups is 1. The number of carbonyl (C=O) groups is 2. The molecule has 3 aromatic carbocycles. The fraction of sp³-hybridized carbons (Fsp3) is 0.226. The van der Waals surface area contributed by atoms with Gasteiger partial charge in [-0.2, -0.15) is 0 Å². The number of carbonyl (C=O) groups excluding carboxylic acids is 2. The zero-order chi connectivity index (χ0) is 26.0. The van der Waals surface area contributed by atoms with Crippen molar-refractivity contribution in [2.75, 3.05) is 13.2 Å². The minimum absolute atomic E-state index is 0.233. The molecule has 6 heteroatoms. The molecule has 0 aliphatic carbocycles. The van der Waals surface area contributed by atoms with Crippen molar-refractivity contribution in [1.82, 2.24) is 4.90 Å². The molecule has 1 heterocycles. The highest BCUT2D eigenvalue weighted by Gasteiger charge is 2.34. The van der Waals surface area contributed by atoms with Crippen LogP contribution in [0.25, 0.3) is 6.08 Å². The third kappa shape index (κ3) is 6.92. The van der Waals surface area contributed by atoms with Gasteiger partial charge in [0, 0.05) is 12.1 Å². The molecule has 0 aromatic heterocycles. The molecule has 190 valence electrons. The molecular weight excluding hydrogens is 482 g/mol. The molecule has 4 rings (SSSR count). The van der Waals surface area contributed by atoms with Gasteiger partial charge in [-0.25, -0.2) is 0 Å². The standard InChI is InChI=1S/C31H31NO4S/c1-3-12-26-19-25(20-27(35-4-2)29(26)36-22-24-15-9-6-10-16-24)21-28-30(33)32(31(34)37-28)18-11-17-23-13-7-5-8-14-23/h3,5-10,13-16,19-21H,1,4,11-12,17-18,22H2,2H3/b28-21+. The summed E-state index contributed by atoms with van der Waals surface area (Å²) in [5, 5.41) is -0.233. The molecule has 37 heavy (non-hydrogen) atoms. The Labute approximate surface area is 222 Å². The van der Waals surface area contributed by atoms with E-state index in [0.29, 0.717) is 42.6 Å². The molecule has 0 saturated carbocycles. The average Bonchev–Trinajstić information content (AvgIpc) is 3.17. The Morgan fingerprint density at radius 3 is 2.32 bits per heavy atom. The summed E-state index contributed by atoms with van der Waals surface area (Å²) in [6.07, 6.45) is 5.69. The van der Waals surface area contributed by atoms with Gasteiger partial charge >= 0.3 is 0 Å². The van der Waals surface area contributed by atoms with Gasteiger partial charge in [0.15, 0.2) is 11.5 Å². The first-order valence-electron chi connectivity index (χ1n) is 12.5. The van der Waals surface area contributed by atoms with E-state index in [1.165, 1.54) is 10.5 Å². The second-order valence-corrected chi connectivity index (χ2v) is 9.62. The van der Waals surface area contributed by atoms with Gasteiger partial charge in [0.2, 0.25) is 0 Å². The van der Waals surface area contributed by atoms with E-state index < -0.39 is 0 Å². The fourth-order valence-electron chi connectivity index (χ4n) is 4.16. The van der Waals surface area contributed by atoms with Crippen molar-refractivity contribution in [2.24, 2.45) is 0 Å². The lowest BCUT2D eigenvalue weighted by atomic mass is 10.0. The lowest BCUT2D eigenvalue weighted by Gasteiger charge is -2.17. The molecule has 0 bridgehead atoms. The Morgan fingerprint density at radius 1 is 0.946 bits per heavy atom. The summed E-state index contributed by atoms with van der Waals surface area (Å²) in [6.45, 7) is 7.08. The van der Waals surface area contributed by atoms with Crippen LogP contribution in [0.5, 0.6) is 11.5 Å². The van der Waals surface area contributed by atoms with Gasteiger partial charge in [-0.3, -0.25) is 14.5 Å². The second kappa shape index (κ2) is 13.0. The molecular formula is C31H31NO4S. The van der Waals surface area contributed by atoms with Crippen molar-refractivity contribution in [3.63, 3.8) is 0 Å². The van der Waals surface area contributed by atoms with Crippen molar-refractivity contribution in [2.45, 2.75) is 32.8 Å². The molecule has 1 fully saturated rings. The quantitative estimate of drug-likeness (QED) is 0.192. The third-order valence-electron chi connectivity index (χ3n) is 5.91. The predicted octanol–water partition coefficient (Wildman–Crippen LogP) is 7.06. The van der Waals surface area contributed by atoms with E-state index in [-0.39, 0.29) is 11.1 Å². The Morgan fingerprint density at radius 2 is 1.65 bits per heavy atom. The average molecular weight is 514 g/mol. The van der Waals surface area contributed by atoms with Crippen LogP contribution in [0.1, 0.15) is 35.6 Å². The van der Waals surface area contributed by atoms with Crippen LogP contribution in [0, 0.1) is 0 Å². The molecule has 2 amide bonds. The third-order valence-corrected chi connectivity index (χ3v) is 6.81. The van der Waals surface area contributed by atoms with Gasteiger partial charge < -0.3 is 9.47 Å². The Bertz CT molecular complexity index is 1270. The lowest BCUT2D eigenvalue weighted by molar-refractivity contribution is -0.122. The summed E-state index contributed by atoms with van der Waals surface area (Å²) in [5.74, 6) is 1.01. The Hall–Kier alpha value is -3.77. The van der Waals surface area contributed by atoms with E-state index in [0.717, 1.165) is 41.3 Å². The number of thioether (sulfide) groups is 1. The molecule has 3 aromatic rings. The first kappa shape index (κ1) is 26.3. The number of nitrogens with zero attached hydrogens (tertiary/aromatic N) is 1.